The van der Waals surface area contributed by atoms with E-state index < -0.39 is 17.3 Å². The minimum absolute atomic E-state index is 0.0917. The summed E-state index contributed by atoms with van der Waals surface area (Å²) < 4.78 is 47.8. The Morgan fingerprint density at radius 2 is 1.76 bits per heavy atom. The zero-order chi connectivity index (χ0) is 27.6. The number of halogens is 2. The van der Waals surface area contributed by atoms with Crippen molar-refractivity contribution in [3.8, 4) is 17.0 Å². The number of amides is 1. The van der Waals surface area contributed by atoms with Crippen LogP contribution in [0.15, 0.2) is 28.8 Å². The molecule has 2 aromatic heterocycles. The molecule has 10 nitrogen and oxygen atoms in total. The maximum atomic E-state index is 14.7. The highest BCUT2D eigenvalue weighted by Gasteiger charge is 2.49. The lowest BCUT2D eigenvalue weighted by molar-refractivity contribution is -0.275. The number of aromatic nitrogens is 3. The van der Waals surface area contributed by atoms with Gasteiger partial charge in [-0.25, -0.2) is 4.79 Å². The van der Waals surface area contributed by atoms with Crippen molar-refractivity contribution in [3.05, 3.63) is 24.4 Å². The van der Waals surface area contributed by atoms with Gasteiger partial charge < -0.3 is 23.9 Å². The van der Waals surface area contributed by atoms with Gasteiger partial charge in [-0.3, -0.25) is 9.58 Å². The lowest BCUT2D eigenvalue weighted by Crippen LogP contribution is -2.56. The number of rotatable bonds is 5. The SMILES string of the molecule is Cn1ccc(-c2ccc(OC(F)(F)C(C)(C)O)c3nc(N4CC5CCC(C4)N5C(=O)OC(C)(C)C)oc23)n1. The second-order valence-electron chi connectivity index (χ2n) is 11.5. The molecule has 2 saturated heterocycles. The van der Waals surface area contributed by atoms with E-state index in [1.54, 1.807) is 35.0 Å². The number of piperazine rings is 1. The van der Waals surface area contributed by atoms with E-state index in [1.807, 2.05) is 25.7 Å². The van der Waals surface area contributed by atoms with Gasteiger partial charge in [-0.05, 0) is 65.7 Å². The Morgan fingerprint density at radius 1 is 1.11 bits per heavy atom. The molecule has 5 rings (SSSR count). The number of carbonyl (C=O) groups is 1. The van der Waals surface area contributed by atoms with Crippen LogP contribution in [0.2, 0.25) is 0 Å². The largest absolute Gasteiger partial charge is 0.444 e. The first-order valence-corrected chi connectivity index (χ1v) is 12.6. The van der Waals surface area contributed by atoms with Gasteiger partial charge in [-0.1, -0.05) is 0 Å². The lowest BCUT2D eigenvalue weighted by atomic mass is 10.1. The van der Waals surface area contributed by atoms with Gasteiger partial charge in [0.05, 0.1) is 17.8 Å². The highest BCUT2D eigenvalue weighted by molar-refractivity contribution is 5.94. The van der Waals surface area contributed by atoms with Gasteiger partial charge in [0, 0.05) is 31.9 Å². The number of aliphatic hydroxyl groups is 1. The Labute approximate surface area is 219 Å². The Hall–Kier alpha value is -3.41. The molecule has 2 aliphatic heterocycles. The molecule has 0 radical (unpaired) electrons. The number of aryl methyl sites for hydroxylation is 1. The molecule has 206 valence electrons. The first-order valence-electron chi connectivity index (χ1n) is 12.6. The van der Waals surface area contributed by atoms with E-state index in [9.17, 15) is 18.7 Å². The molecule has 0 spiro atoms. The minimum Gasteiger partial charge on any atom is -0.444 e. The van der Waals surface area contributed by atoms with E-state index in [4.69, 9.17) is 13.9 Å². The quantitative estimate of drug-likeness (QED) is 0.509. The molecule has 0 saturated carbocycles. The average Bonchev–Trinajstić information content (AvgIpc) is 3.48. The molecule has 3 aromatic rings. The maximum absolute atomic E-state index is 14.7. The van der Waals surface area contributed by atoms with E-state index in [1.165, 1.54) is 6.07 Å². The van der Waals surface area contributed by atoms with Crippen LogP contribution < -0.4 is 9.64 Å². The van der Waals surface area contributed by atoms with Crippen molar-refractivity contribution in [2.75, 3.05) is 18.0 Å². The minimum atomic E-state index is -3.89. The number of oxazole rings is 1. The Kier molecular flexibility index (Phi) is 6.08. The summed E-state index contributed by atoms with van der Waals surface area (Å²) in [6.07, 6.45) is -0.843. The molecule has 2 atom stereocenters. The van der Waals surface area contributed by atoms with Gasteiger partial charge in [0.15, 0.2) is 22.5 Å². The summed E-state index contributed by atoms with van der Waals surface area (Å²) >= 11 is 0. The summed E-state index contributed by atoms with van der Waals surface area (Å²) in [5.74, 6) is -0.225. The summed E-state index contributed by atoms with van der Waals surface area (Å²) in [6.45, 7) is 8.36. The Morgan fingerprint density at radius 3 is 2.32 bits per heavy atom. The number of alkyl halides is 2. The number of anilines is 1. The molecule has 2 fully saturated rings. The molecular formula is C26H33F2N5O5. The zero-order valence-corrected chi connectivity index (χ0v) is 22.4. The third kappa shape index (κ3) is 4.77. The maximum Gasteiger partial charge on any atom is 0.426 e. The Balaban J connectivity index is 1.50. The number of nitrogens with zero attached hydrogens (tertiary/aromatic N) is 5. The average molecular weight is 534 g/mol. The topological polar surface area (TPSA) is 106 Å². The van der Waals surface area contributed by atoms with Gasteiger partial charge in [-0.2, -0.15) is 18.9 Å². The molecule has 2 aliphatic rings. The van der Waals surface area contributed by atoms with Crippen LogP contribution in [0.5, 0.6) is 5.75 Å². The predicted molar refractivity (Wildman–Crippen MR) is 135 cm³/mol. The molecular weight excluding hydrogens is 500 g/mol. The summed E-state index contributed by atoms with van der Waals surface area (Å²) in [4.78, 5) is 21.1. The fourth-order valence-corrected chi connectivity index (χ4v) is 4.88. The molecule has 2 unspecified atom stereocenters. The molecule has 38 heavy (non-hydrogen) atoms. The van der Waals surface area contributed by atoms with Crippen LogP contribution in [-0.2, 0) is 11.8 Å². The van der Waals surface area contributed by atoms with Crippen molar-refractivity contribution in [1.29, 1.82) is 0 Å². The number of hydrogen-bond donors (Lipinski definition) is 1. The summed E-state index contributed by atoms with van der Waals surface area (Å²) in [6, 6.07) is 4.79. The van der Waals surface area contributed by atoms with Gasteiger partial charge in [0.2, 0.25) is 0 Å². The van der Waals surface area contributed by atoms with Crippen LogP contribution >= 0.6 is 0 Å². The normalized spacial score (nSPS) is 20.3. The van der Waals surface area contributed by atoms with Crippen molar-refractivity contribution in [3.63, 3.8) is 0 Å². The number of carbonyl (C=O) groups excluding carboxylic acids is 1. The standard InChI is InChI=1S/C26H33F2N5O5/c1-24(2,3)38-23(34)33-15-7-8-16(33)14-32(13-15)22-29-20-19(37-26(27,28)25(4,5)35)10-9-17(21(20)36-22)18-11-12-31(6)30-18/h9-12,15-16,35H,7-8,13-14H2,1-6H3. The fraction of sp³-hybridized carbons (Fsp3) is 0.577. The van der Waals surface area contributed by atoms with Crippen LogP contribution in [-0.4, -0.2) is 73.3 Å². The van der Waals surface area contributed by atoms with Crippen LogP contribution in [0.3, 0.4) is 0 Å². The number of ether oxygens (including phenoxy) is 2. The molecule has 0 aliphatic carbocycles. The van der Waals surface area contributed by atoms with Crippen LogP contribution in [0.25, 0.3) is 22.4 Å². The second-order valence-corrected chi connectivity index (χ2v) is 11.5. The van der Waals surface area contributed by atoms with E-state index in [0.29, 0.717) is 24.3 Å². The number of hydrogen-bond acceptors (Lipinski definition) is 8. The summed E-state index contributed by atoms with van der Waals surface area (Å²) in [5.41, 5.74) is -1.55. The molecule has 1 N–H and O–H groups in total. The van der Waals surface area contributed by atoms with Crippen LogP contribution in [0.1, 0.15) is 47.5 Å². The monoisotopic (exact) mass is 533 g/mol. The highest BCUT2D eigenvalue weighted by atomic mass is 19.3. The van der Waals surface area contributed by atoms with Crippen molar-refractivity contribution in [2.45, 2.75) is 76.9 Å². The third-order valence-corrected chi connectivity index (χ3v) is 6.79. The van der Waals surface area contributed by atoms with E-state index in [-0.39, 0.29) is 41.0 Å². The third-order valence-electron chi connectivity index (χ3n) is 6.79. The molecule has 4 heterocycles. The predicted octanol–water partition coefficient (Wildman–Crippen LogP) is 4.56. The molecule has 1 aromatic carbocycles. The number of fused-ring (bicyclic) bond motifs is 3. The van der Waals surface area contributed by atoms with Crippen molar-refractivity contribution >= 4 is 23.2 Å². The van der Waals surface area contributed by atoms with E-state index >= 15 is 0 Å². The second kappa shape index (κ2) is 8.82. The Bertz CT molecular complexity index is 1340. The van der Waals surface area contributed by atoms with E-state index in [0.717, 1.165) is 26.7 Å². The first-order chi connectivity index (χ1) is 17.6. The first kappa shape index (κ1) is 26.2. The molecule has 12 heteroatoms. The smallest absolute Gasteiger partial charge is 0.426 e. The van der Waals surface area contributed by atoms with Gasteiger partial charge in [0.1, 0.15) is 5.60 Å². The van der Waals surface area contributed by atoms with Gasteiger partial charge in [-0.15, -0.1) is 0 Å². The zero-order valence-electron chi connectivity index (χ0n) is 22.4. The van der Waals surface area contributed by atoms with Gasteiger partial charge >= 0.3 is 12.2 Å². The fourth-order valence-electron chi connectivity index (χ4n) is 4.88. The molecule has 1 amide bonds. The van der Waals surface area contributed by atoms with Crippen molar-refractivity contribution in [2.24, 2.45) is 7.05 Å². The van der Waals surface area contributed by atoms with Gasteiger partial charge in [0.25, 0.3) is 6.01 Å². The summed E-state index contributed by atoms with van der Waals surface area (Å²) in [7, 11) is 1.77. The van der Waals surface area contributed by atoms with Crippen LogP contribution in [0, 0.1) is 0 Å². The lowest BCUT2D eigenvalue weighted by Gasteiger charge is -2.40. The highest BCUT2D eigenvalue weighted by Crippen LogP contribution is 2.41. The van der Waals surface area contributed by atoms with Crippen LogP contribution in [0.4, 0.5) is 19.6 Å². The van der Waals surface area contributed by atoms with Crippen molar-refractivity contribution < 1.29 is 32.6 Å². The van der Waals surface area contributed by atoms with E-state index in [2.05, 4.69) is 10.1 Å². The van der Waals surface area contributed by atoms with Crippen molar-refractivity contribution in [1.82, 2.24) is 19.7 Å². The molecule has 2 bridgehead atoms. The number of benzene rings is 1. The summed E-state index contributed by atoms with van der Waals surface area (Å²) in [5, 5.41) is 14.4.